The average molecular weight is 728 g/mol. The summed E-state index contributed by atoms with van der Waals surface area (Å²) in [6.07, 6.45) is 25.2. The summed E-state index contributed by atoms with van der Waals surface area (Å²) in [6.45, 7) is 12.3. The van der Waals surface area contributed by atoms with Gasteiger partial charge in [-0.3, -0.25) is 9.37 Å². The van der Waals surface area contributed by atoms with E-state index in [0.717, 1.165) is 55.6 Å². The van der Waals surface area contributed by atoms with Crippen LogP contribution in [0.25, 0.3) is 5.57 Å². The van der Waals surface area contributed by atoms with Gasteiger partial charge in [-0.25, -0.2) is 9.78 Å². The highest BCUT2D eigenvalue weighted by Crippen LogP contribution is 2.41. The van der Waals surface area contributed by atoms with Crippen LogP contribution in [0.2, 0.25) is 0 Å². The monoisotopic (exact) mass is 727 g/mol. The smallest absolute Gasteiger partial charge is 0.387 e. The van der Waals surface area contributed by atoms with E-state index in [2.05, 4.69) is 52.4 Å². The maximum atomic E-state index is 13.5. The normalized spacial score (nSPS) is 17.1. The third-order valence-corrected chi connectivity index (χ3v) is 11.3. The minimum atomic E-state index is -0.749. The molecule has 1 aromatic heterocycles. The van der Waals surface area contributed by atoms with E-state index < -0.39 is 17.5 Å². The van der Waals surface area contributed by atoms with Crippen LogP contribution in [-0.4, -0.2) is 59.8 Å². The van der Waals surface area contributed by atoms with E-state index in [4.69, 9.17) is 4.74 Å². The summed E-state index contributed by atoms with van der Waals surface area (Å²) in [5, 5.41) is 24.8. The van der Waals surface area contributed by atoms with Crippen LogP contribution < -0.4 is 10.0 Å². The number of carbonyl (C=O) groups is 2. The Balaban J connectivity index is 1.76. The molecule has 0 bridgehead atoms. The summed E-state index contributed by atoms with van der Waals surface area (Å²) in [5.74, 6) is -1.70. The molecule has 1 aliphatic heterocycles. The minimum Gasteiger partial charge on any atom is -0.871 e. The first-order valence-corrected chi connectivity index (χ1v) is 21.0. The van der Waals surface area contributed by atoms with Crippen molar-refractivity contribution in [3.8, 4) is 0 Å². The quantitative estimate of drug-likeness (QED) is 0.0405. The molecule has 50 heavy (non-hydrogen) atoms. The van der Waals surface area contributed by atoms with Gasteiger partial charge < -0.3 is 14.7 Å². The number of azo groups is 1. The first kappa shape index (κ1) is 41.6. The molecule has 9 nitrogen and oxygen atoms in total. The minimum absolute atomic E-state index is 0.0409. The van der Waals surface area contributed by atoms with Gasteiger partial charge in [-0.1, -0.05) is 128 Å². The van der Waals surface area contributed by atoms with Gasteiger partial charge >= 0.3 is 11.1 Å². The zero-order valence-electron chi connectivity index (χ0n) is 31.4. The lowest BCUT2D eigenvalue weighted by molar-refractivity contribution is -0.523. The van der Waals surface area contributed by atoms with E-state index in [1.165, 1.54) is 133 Å². The van der Waals surface area contributed by atoms with Crippen LogP contribution >= 0.6 is 23.1 Å². The first-order valence-electron chi connectivity index (χ1n) is 19.3. The number of rotatable bonds is 26. The van der Waals surface area contributed by atoms with Gasteiger partial charge in [0.1, 0.15) is 10.0 Å². The van der Waals surface area contributed by atoms with Gasteiger partial charge in [-0.2, -0.15) is 0 Å². The zero-order chi connectivity index (χ0) is 36.1. The van der Waals surface area contributed by atoms with E-state index >= 15 is 0 Å². The van der Waals surface area contributed by atoms with Gasteiger partial charge in [0, 0.05) is 30.4 Å². The van der Waals surface area contributed by atoms with E-state index in [1.807, 2.05) is 0 Å². The van der Waals surface area contributed by atoms with E-state index in [9.17, 15) is 14.7 Å². The van der Waals surface area contributed by atoms with Crippen LogP contribution in [-0.2, 0) is 14.3 Å². The van der Waals surface area contributed by atoms with Crippen molar-refractivity contribution in [2.24, 2.45) is 10.2 Å². The maximum absolute atomic E-state index is 13.5. The number of Topliss-reactive ketones (excluding diaryl/α,β-unsaturated/α-hetero) is 1. The number of carbonyl (C=O) groups excluding carboxylic acids is 2. The number of methoxy groups -OCH3 is 1. The second-order valence-electron chi connectivity index (χ2n) is 13.3. The number of thioether (sulfide) groups is 1. The van der Waals surface area contributed by atoms with Crippen molar-refractivity contribution >= 4 is 50.6 Å². The fraction of sp³-hybridized carbons (Fsp3) is 0.692. The summed E-state index contributed by atoms with van der Waals surface area (Å²) in [6, 6.07) is 0. The van der Waals surface area contributed by atoms with Gasteiger partial charge in [-0.15, -0.1) is 0 Å². The molecule has 0 atom stereocenters. The largest absolute Gasteiger partial charge is 0.871 e. The van der Waals surface area contributed by atoms with Crippen molar-refractivity contribution in [1.29, 1.82) is 0 Å². The second kappa shape index (κ2) is 23.6. The lowest BCUT2D eigenvalue weighted by atomic mass is 9.84. The number of amidine groups is 1. The number of aromatic nitrogens is 1. The zero-order valence-corrected chi connectivity index (χ0v) is 33.0. The highest BCUT2D eigenvalue weighted by Gasteiger charge is 2.36. The number of hydrogen-bond acceptors (Lipinski definition) is 9. The fourth-order valence-electron chi connectivity index (χ4n) is 6.21. The molecular weight excluding hydrogens is 667 g/mol. The molecule has 0 saturated heterocycles. The molecule has 278 valence electrons. The molecule has 2 aliphatic rings. The Morgan fingerprint density at radius 3 is 1.94 bits per heavy atom. The van der Waals surface area contributed by atoms with Crippen molar-refractivity contribution in [1.82, 2.24) is 4.98 Å². The van der Waals surface area contributed by atoms with Gasteiger partial charge in [0.15, 0.2) is 10.8 Å². The van der Waals surface area contributed by atoms with Crippen LogP contribution in [0.1, 0.15) is 148 Å². The van der Waals surface area contributed by atoms with Crippen molar-refractivity contribution in [3.63, 3.8) is 0 Å². The number of allylic oxidation sites excluding steroid dienone is 2. The molecule has 1 aliphatic carbocycles. The topological polar surface area (TPSA) is 110 Å². The predicted octanol–water partition coefficient (Wildman–Crippen LogP) is 9.58. The number of hydrogen-bond donors (Lipinski definition) is 0. The maximum Gasteiger partial charge on any atom is 0.387 e. The molecule has 0 N–H and O–H groups in total. The Morgan fingerprint density at radius 2 is 1.40 bits per heavy atom. The molecule has 1 aromatic rings. The molecule has 2 heterocycles. The van der Waals surface area contributed by atoms with E-state index in [1.54, 1.807) is 6.20 Å². The number of thiazole rings is 1. The molecule has 0 spiro atoms. The third-order valence-electron chi connectivity index (χ3n) is 9.30. The van der Waals surface area contributed by atoms with Crippen LogP contribution in [0, 0.1) is 0 Å². The lowest BCUT2D eigenvalue weighted by Crippen LogP contribution is -2.31. The second-order valence-corrected chi connectivity index (χ2v) is 15.3. The average Bonchev–Trinajstić information content (AvgIpc) is 3.79. The first-order chi connectivity index (χ1) is 24.4. The van der Waals surface area contributed by atoms with Crippen LogP contribution in [0.3, 0.4) is 0 Å². The Labute approximate surface area is 309 Å². The number of ketones is 1. The molecule has 0 aromatic carbocycles. The molecular formula is C39H61N5O4S2. The Bertz CT molecular complexity index is 1380. The van der Waals surface area contributed by atoms with Gasteiger partial charge in [0.2, 0.25) is 0 Å². The fourth-order valence-corrected chi connectivity index (χ4v) is 8.09. The van der Waals surface area contributed by atoms with Crippen molar-refractivity contribution in [3.05, 3.63) is 39.2 Å². The number of nitrogens with zero attached hydrogens (tertiary/aromatic N) is 5. The third kappa shape index (κ3) is 12.8. The molecule has 0 fully saturated rings. The number of esters is 1. The summed E-state index contributed by atoms with van der Waals surface area (Å²) in [7, 11) is 1.25. The van der Waals surface area contributed by atoms with Gasteiger partial charge in [0.05, 0.1) is 42.7 Å². The van der Waals surface area contributed by atoms with E-state index in [-0.39, 0.29) is 16.7 Å². The highest BCUT2D eigenvalue weighted by molar-refractivity contribution is 8.17. The summed E-state index contributed by atoms with van der Waals surface area (Å²) < 4.78 is 7.18. The van der Waals surface area contributed by atoms with Crippen LogP contribution in [0.15, 0.2) is 44.4 Å². The Hall–Kier alpha value is -2.79. The summed E-state index contributed by atoms with van der Waals surface area (Å²) in [4.78, 5) is 33.3. The summed E-state index contributed by atoms with van der Waals surface area (Å²) >= 11 is 2.73. The molecule has 3 rings (SSSR count). The van der Waals surface area contributed by atoms with Crippen molar-refractivity contribution in [2.75, 3.05) is 38.2 Å². The molecule has 0 amide bonds. The van der Waals surface area contributed by atoms with Crippen LogP contribution in [0.4, 0.5) is 5.00 Å². The highest BCUT2D eigenvalue weighted by atomic mass is 32.2. The number of anilines is 1. The van der Waals surface area contributed by atoms with Gasteiger partial charge in [0.25, 0.3) is 0 Å². The Kier molecular flexibility index (Phi) is 19.7. The number of ether oxygens (including phenoxy) is 1. The van der Waals surface area contributed by atoms with Crippen LogP contribution in [0.5, 0.6) is 0 Å². The van der Waals surface area contributed by atoms with Gasteiger partial charge in [-0.05, 0) is 43.8 Å². The summed E-state index contributed by atoms with van der Waals surface area (Å²) in [5.41, 5.74) is -0.215. The van der Waals surface area contributed by atoms with Crippen molar-refractivity contribution in [2.45, 2.75) is 143 Å². The standard InChI is InChI=1S/C39H61N5O4S2/c1-6-10-13-16-19-22-25-43(9-4)39-42-41-31(49-39)28-30(38(47)48-5)33-35(45)34(36(33)46)37-40-29-32(50-37)44(26-23-20-17-14-11-7-2)27-24-21-18-15-12-8-3/h28-29H,6-27H2,1-5H3. The molecule has 0 saturated carbocycles. The SMILES string of the molecule is CCCCCCCCN(CCCCCCCC)c1cnc(C2=C([O-])/C(=C(\C=C3\N=NC(=[N+](CC)CCCCCCCC)S3)C(=O)OC)C2=O)s1. The molecule has 11 heteroatoms. The van der Waals surface area contributed by atoms with E-state index in [0.29, 0.717) is 10.0 Å². The molecule has 0 radical (unpaired) electrons. The van der Waals surface area contributed by atoms with Crippen molar-refractivity contribution < 1.29 is 24.0 Å². The lowest BCUT2D eigenvalue weighted by Gasteiger charge is -2.30. The number of unbranched alkanes of at least 4 members (excludes halogenated alkanes) is 15. The molecule has 0 unspecified atom stereocenters. The Morgan fingerprint density at radius 1 is 0.840 bits per heavy atom. The predicted molar refractivity (Wildman–Crippen MR) is 207 cm³/mol.